The van der Waals surface area contributed by atoms with E-state index in [0.29, 0.717) is 5.69 Å². The molecule has 2 aromatic carbocycles. The van der Waals surface area contributed by atoms with Gasteiger partial charge in [-0.15, -0.1) is 0 Å². The predicted octanol–water partition coefficient (Wildman–Crippen LogP) is 2.14. The van der Waals surface area contributed by atoms with E-state index in [-0.39, 0.29) is 23.2 Å². The first-order valence-electron chi connectivity index (χ1n) is 8.08. The summed E-state index contributed by atoms with van der Waals surface area (Å²) in [5, 5.41) is 21.3. The van der Waals surface area contributed by atoms with Crippen LogP contribution in [0.3, 0.4) is 0 Å². The largest absolute Gasteiger partial charge is 0.478 e. The van der Waals surface area contributed by atoms with Crippen molar-refractivity contribution in [1.82, 2.24) is 0 Å². The Balaban J connectivity index is 1.92. The number of aryl methyl sites for hydroxylation is 1. The number of hydrogen-bond acceptors (Lipinski definition) is 5. The molecule has 2 amide bonds. The van der Waals surface area contributed by atoms with Gasteiger partial charge in [0.1, 0.15) is 6.04 Å². The molecule has 1 unspecified atom stereocenters. The zero-order chi connectivity index (χ0) is 19.7. The van der Waals surface area contributed by atoms with Crippen molar-refractivity contribution in [2.75, 3.05) is 10.2 Å². The third-order valence-corrected chi connectivity index (χ3v) is 4.21. The van der Waals surface area contributed by atoms with Crippen LogP contribution in [0.5, 0.6) is 0 Å². The Hall–Kier alpha value is -3.68. The van der Waals surface area contributed by atoms with Crippen LogP contribution in [-0.2, 0) is 9.59 Å². The quantitative estimate of drug-likeness (QED) is 0.691. The van der Waals surface area contributed by atoms with E-state index < -0.39 is 29.8 Å². The highest BCUT2D eigenvalue weighted by atomic mass is 16.4. The van der Waals surface area contributed by atoms with E-state index in [0.717, 1.165) is 28.7 Å². The molecule has 0 bridgehead atoms. The zero-order valence-electron chi connectivity index (χ0n) is 14.3. The van der Waals surface area contributed by atoms with E-state index in [1.807, 2.05) is 19.1 Å². The summed E-state index contributed by atoms with van der Waals surface area (Å²) in [6.45, 7) is 1.92. The van der Waals surface area contributed by atoms with Crippen molar-refractivity contribution < 1.29 is 29.4 Å². The number of aromatic carboxylic acids is 2. The number of nitrogens with zero attached hydrogens (tertiary/aromatic N) is 1. The van der Waals surface area contributed by atoms with Gasteiger partial charge in [0.2, 0.25) is 5.91 Å². The lowest BCUT2D eigenvalue weighted by Crippen LogP contribution is -2.35. The van der Waals surface area contributed by atoms with Gasteiger partial charge < -0.3 is 15.5 Å². The first-order chi connectivity index (χ1) is 12.8. The van der Waals surface area contributed by atoms with Gasteiger partial charge in [0.25, 0.3) is 5.91 Å². The fraction of sp³-hybridized carbons (Fsp3) is 0.158. The lowest BCUT2D eigenvalue weighted by Gasteiger charge is -2.17. The van der Waals surface area contributed by atoms with Crippen molar-refractivity contribution in [2.45, 2.75) is 19.4 Å². The standard InChI is InChI=1S/C19H16N2O6/c1-10-2-4-13(5-3-10)20-15-9-16(22)21(17(15)23)14-7-11(18(24)25)6-12(8-14)19(26)27/h2-8,15,20H,9H2,1H3,(H,24,25)(H,26,27). The SMILES string of the molecule is Cc1ccc(NC2CC(=O)N(c3cc(C(=O)O)cc(C(=O)O)c3)C2=O)cc1. The van der Waals surface area contributed by atoms with Crippen LogP contribution in [0.1, 0.15) is 32.7 Å². The Kier molecular flexibility index (Phi) is 4.64. The van der Waals surface area contributed by atoms with Gasteiger partial charge in [-0.3, -0.25) is 9.59 Å². The monoisotopic (exact) mass is 368 g/mol. The van der Waals surface area contributed by atoms with E-state index >= 15 is 0 Å². The summed E-state index contributed by atoms with van der Waals surface area (Å²) >= 11 is 0. The van der Waals surface area contributed by atoms with Crippen molar-refractivity contribution in [3.05, 3.63) is 59.2 Å². The highest BCUT2D eigenvalue weighted by molar-refractivity contribution is 6.23. The third kappa shape index (κ3) is 3.64. The van der Waals surface area contributed by atoms with Gasteiger partial charge in [-0.2, -0.15) is 0 Å². The molecule has 138 valence electrons. The van der Waals surface area contributed by atoms with Gasteiger partial charge in [-0.25, -0.2) is 14.5 Å². The molecule has 1 saturated heterocycles. The van der Waals surface area contributed by atoms with Crippen LogP contribution >= 0.6 is 0 Å². The van der Waals surface area contributed by atoms with E-state index in [4.69, 9.17) is 10.2 Å². The summed E-state index contributed by atoms with van der Waals surface area (Å²) in [4.78, 5) is 48.4. The number of amides is 2. The molecule has 0 saturated carbocycles. The number of rotatable bonds is 5. The van der Waals surface area contributed by atoms with Crippen LogP contribution in [0.2, 0.25) is 0 Å². The average Bonchev–Trinajstić information content (AvgIpc) is 2.90. The van der Waals surface area contributed by atoms with Gasteiger partial charge in [-0.05, 0) is 37.3 Å². The van der Waals surface area contributed by atoms with Crippen LogP contribution in [0.15, 0.2) is 42.5 Å². The normalized spacial score (nSPS) is 16.5. The first-order valence-corrected chi connectivity index (χ1v) is 8.08. The molecule has 1 atom stereocenters. The Morgan fingerprint density at radius 3 is 2.07 bits per heavy atom. The number of carbonyl (C=O) groups is 4. The zero-order valence-corrected chi connectivity index (χ0v) is 14.3. The summed E-state index contributed by atoms with van der Waals surface area (Å²) in [5.74, 6) is -3.82. The minimum Gasteiger partial charge on any atom is -0.478 e. The van der Waals surface area contributed by atoms with Crippen LogP contribution in [0.4, 0.5) is 11.4 Å². The number of hydrogen-bond donors (Lipinski definition) is 3. The van der Waals surface area contributed by atoms with Crippen LogP contribution in [0.25, 0.3) is 0 Å². The molecule has 1 fully saturated rings. The van der Waals surface area contributed by atoms with Gasteiger partial charge >= 0.3 is 11.9 Å². The summed E-state index contributed by atoms with van der Waals surface area (Å²) < 4.78 is 0. The van der Waals surface area contributed by atoms with Crippen molar-refractivity contribution in [1.29, 1.82) is 0 Å². The first kappa shape index (κ1) is 18.1. The highest BCUT2D eigenvalue weighted by Gasteiger charge is 2.40. The summed E-state index contributed by atoms with van der Waals surface area (Å²) in [5.41, 5.74) is 0.998. The topological polar surface area (TPSA) is 124 Å². The van der Waals surface area contributed by atoms with E-state index in [1.165, 1.54) is 0 Å². The number of anilines is 2. The predicted molar refractivity (Wildman–Crippen MR) is 96.1 cm³/mol. The van der Waals surface area contributed by atoms with Gasteiger partial charge in [0.05, 0.1) is 23.2 Å². The summed E-state index contributed by atoms with van der Waals surface area (Å²) in [6.07, 6.45) is -0.119. The number of benzene rings is 2. The maximum atomic E-state index is 12.7. The van der Waals surface area contributed by atoms with Crippen LogP contribution in [-0.4, -0.2) is 40.0 Å². The minimum atomic E-state index is -1.35. The summed E-state index contributed by atoms with van der Waals surface area (Å²) in [7, 11) is 0. The lowest BCUT2D eigenvalue weighted by molar-refractivity contribution is -0.121. The number of imide groups is 1. The molecule has 0 spiro atoms. The van der Waals surface area contributed by atoms with Crippen molar-refractivity contribution >= 4 is 35.1 Å². The molecule has 3 N–H and O–H groups in total. The van der Waals surface area contributed by atoms with Crippen molar-refractivity contribution in [3.63, 3.8) is 0 Å². The van der Waals surface area contributed by atoms with Gasteiger partial charge in [0, 0.05) is 5.69 Å². The third-order valence-electron chi connectivity index (χ3n) is 4.21. The number of carbonyl (C=O) groups excluding carboxylic acids is 2. The van der Waals surface area contributed by atoms with E-state index in [2.05, 4.69) is 5.32 Å². The molecule has 3 rings (SSSR count). The summed E-state index contributed by atoms with van der Waals surface area (Å²) in [6, 6.07) is 9.65. The Morgan fingerprint density at radius 1 is 1.00 bits per heavy atom. The Morgan fingerprint density at radius 2 is 1.56 bits per heavy atom. The molecular formula is C19H16N2O6. The second-order valence-electron chi connectivity index (χ2n) is 6.21. The van der Waals surface area contributed by atoms with E-state index in [1.54, 1.807) is 12.1 Å². The highest BCUT2D eigenvalue weighted by Crippen LogP contribution is 2.27. The molecule has 0 aliphatic carbocycles. The molecular weight excluding hydrogens is 352 g/mol. The molecule has 27 heavy (non-hydrogen) atoms. The number of nitrogens with one attached hydrogen (secondary N) is 1. The fourth-order valence-corrected chi connectivity index (χ4v) is 2.85. The van der Waals surface area contributed by atoms with Gasteiger partial charge in [0.15, 0.2) is 0 Å². The second kappa shape index (κ2) is 6.91. The maximum Gasteiger partial charge on any atom is 0.335 e. The molecule has 8 nitrogen and oxygen atoms in total. The molecule has 1 aliphatic heterocycles. The Labute approximate surface area is 154 Å². The molecule has 0 radical (unpaired) electrons. The van der Waals surface area contributed by atoms with Crippen LogP contribution in [0, 0.1) is 6.92 Å². The molecule has 2 aromatic rings. The minimum absolute atomic E-state index is 0.0736. The van der Waals surface area contributed by atoms with Crippen molar-refractivity contribution in [2.24, 2.45) is 0 Å². The lowest BCUT2D eigenvalue weighted by atomic mass is 10.1. The number of carboxylic acid groups (broad SMARTS) is 2. The molecule has 8 heteroatoms. The van der Waals surface area contributed by atoms with Crippen molar-refractivity contribution in [3.8, 4) is 0 Å². The fourth-order valence-electron chi connectivity index (χ4n) is 2.85. The molecule has 1 heterocycles. The van der Waals surface area contributed by atoms with Gasteiger partial charge in [-0.1, -0.05) is 17.7 Å². The molecule has 1 aliphatic rings. The number of carboxylic acids is 2. The molecule has 0 aromatic heterocycles. The van der Waals surface area contributed by atoms with Crippen LogP contribution < -0.4 is 10.2 Å². The average molecular weight is 368 g/mol. The van der Waals surface area contributed by atoms with E-state index in [9.17, 15) is 19.2 Å². The smallest absolute Gasteiger partial charge is 0.335 e. The maximum absolute atomic E-state index is 12.7. The second-order valence-corrected chi connectivity index (χ2v) is 6.21. The Bertz CT molecular complexity index is 919.